The fraction of sp³-hybridized carbons (Fsp3) is 0.571. The summed E-state index contributed by atoms with van der Waals surface area (Å²) in [6.07, 6.45) is 2.26. The quantitative estimate of drug-likeness (QED) is 0.385. The Labute approximate surface area is 129 Å². The topological polar surface area (TPSA) is 105 Å². The molecule has 22 heavy (non-hydrogen) atoms. The van der Waals surface area contributed by atoms with Crippen LogP contribution in [0.5, 0.6) is 0 Å². The van der Waals surface area contributed by atoms with Crippen LogP contribution in [-0.2, 0) is 38.1 Å². The summed E-state index contributed by atoms with van der Waals surface area (Å²) in [6.45, 7) is 3.98. The predicted octanol–water partition coefficient (Wildman–Crippen LogP) is 0.781. The maximum Gasteiger partial charge on any atom is 0.330 e. The summed E-state index contributed by atoms with van der Waals surface area (Å²) >= 11 is 0. The van der Waals surface area contributed by atoms with E-state index in [1.165, 1.54) is 14.2 Å². The molecule has 0 fully saturated rings. The van der Waals surface area contributed by atoms with Crippen LogP contribution in [0, 0.1) is 0 Å². The summed E-state index contributed by atoms with van der Waals surface area (Å²) in [5, 5.41) is 0. The lowest BCUT2D eigenvalue weighted by atomic mass is 10.3. The van der Waals surface area contributed by atoms with E-state index in [0.717, 1.165) is 12.2 Å². The van der Waals surface area contributed by atoms with E-state index in [2.05, 4.69) is 18.9 Å². The minimum atomic E-state index is -0.537. The molecule has 8 nitrogen and oxygen atoms in total. The van der Waals surface area contributed by atoms with Crippen molar-refractivity contribution in [3.05, 3.63) is 12.2 Å². The maximum atomic E-state index is 10.6. The van der Waals surface area contributed by atoms with E-state index in [0.29, 0.717) is 13.2 Å². The molecule has 0 radical (unpaired) electrons. The van der Waals surface area contributed by atoms with Gasteiger partial charge in [-0.2, -0.15) is 0 Å². The minimum Gasteiger partial charge on any atom is -0.469 e. The number of ether oxygens (including phenoxy) is 4. The van der Waals surface area contributed by atoms with Crippen molar-refractivity contribution in [1.29, 1.82) is 0 Å². The van der Waals surface area contributed by atoms with E-state index in [9.17, 15) is 19.2 Å². The molecule has 0 saturated carbocycles. The third kappa shape index (κ3) is 15.7. The molecule has 0 rings (SSSR count). The van der Waals surface area contributed by atoms with Crippen molar-refractivity contribution >= 4 is 23.9 Å². The van der Waals surface area contributed by atoms with E-state index in [1.807, 2.05) is 0 Å². The van der Waals surface area contributed by atoms with Crippen molar-refractivity contribution in [2.24, 2.45) is 0 Å². The van der Waals surface area contributed by atoms with Gasteiger partial charge < -0.3 is 18.9 Å². The van der Waals surface area contributed by atoms with Crippen molar-refractivity contribution < 1.29 is 38.1 Å². The number of carbonyl (C=O) groups excluding carboxylic acids is 4. The Balaban J connectivity index is 0. The Kier molecular flexibility index (Phi) is 15.0. The van der Waals surface area contributed by atoms with Crippen LogP contribution >= 0.6 is 0 Å². The lowest BCUT2D eigenvalue weighted by Gasteiger charge is -1.96. The van der Waals surface area contributed by atoms with Crippen LogP contribution in [0.3, 0.4) is 0 Å². The summed E-state index contributed by atoms with van der Waals surface area (Å²) in [5.74, 6) is -1.87. The Morgan fingerprint density at radius 1 is 0.727 bits per heavy atom. The van der Waals surface area contributed by atoms with Gasteiger partial charge in [-0.3, -0.25) is 9.59 Å². The molecule has 0 unspecified atom stereocenters. The fourth-order valence-corrected chi connectivity index (χ4v) is 0.925. The van der Waals surface area contributed by atoms with Crippen LogP contribution in [0.1, 0.15) is 26.7 Å². The van der Waals surface area contributed by atoms with Gasteiger partial charge in [-0.25, -0.2) is 9.59 Å². The second kappa shape index (κ2) is 15.0. The van der Waals surface area contributed by atoms with Gasteiger partial charge in [0.2, 0.25) is 0 Å². The van der Waals surface area contributed by atoms with Crippen molar-refractivity contribution in [3.8, 4) is 0 Å². The molecule has 0 amide bonds. The highest BCUT2D eigenvalue weighted by Gasteiger charge is 2.05. The highest BCUT2D eigenvalue weighted by atomic mass is 16.5. The first-order chi connectivity index (χ1) is 10.4. The first kappa shape index (κ1) is 21.9. The highest BCUT2D eigenvalue weighted by molar-refractivity contribution is 5.91. The predicted molar refractivity (Wildman–Crippen MR) is 75.7 cm³/mol. The summed E-state index contributed by atoms with van der Waals surface area (Å²) in [4.78, 5) is 42.1. The normalized spacial score (nSPS) is 9.27. The molecule has 0 bridgehead atoms. The number of rotatable bonds is 7. The summed E-state index contributed by atoms with van der Waals surface area (Å²) in [7, 11) is 2.55. The molecule has 0 aliphatic rings. The molecular formula is C14H22O8. The Bertz CT molecular complexity index is 350. The Morgan fingerprint density at radius 2 is 1.05 bits per heavy atom. The fourth-order valence-electron chi connectivity index (χ4n) is 0.925. The molecule has 0 N–H and O–H groups in total. The van der Waals surface area contributed by atoms with Crippen LogP contribution in [0.4, 0.5) is 0 Å². The first-order valence-corrected chi connectivity index (χ1v) is 6.56. The monoisotopic (exact) mass is 318 g/mol. The second-order valence-electron chi connectivity index (χ2n) is 3.49. The van der Waals surface area contributed by atoms with E-state index >= 15 is 0 Å². The molecule has 0 aromatic carbocycles. The van der Waals surface area contributed by atoms with Gasteiger partial charge in [0.25, 0.3) is 0 Å². The van der Waals surface area contributed by atoms with Crippen molar-refractivity contribution in [1.82, 2.24) is 0 Å². The largest absolute Gasteiger partial charge is 0.469 e. The number of esters is 4. The lowest BCUT2D eigenvalue weighted by Crippen LogP contribution is -2.06. The van der Waals surface area contributed by atoms with Crippen LogP contribution in [0.2, 0.25) is 0 Å². The zero-order valence-corrected chi connectivity index (χ0v) is 13.2. The summed E-state index contributed by atoms with van der Waals surface area (Å²) in [6, 6.07) is 0. The molecule has 0 aliphatic carbocycles. The van der Waals surface area contributed by atoms with Gasteiger partial charge in [-0.15, -0.1) is 0 Å². The van der Waals surface area contributed by atoms with Gasteiger partial charge in [-0.05, 0) is 13.8 Å². The van der Waals surface area contributed by atoms with Gasteiger partial charge >= 0.3 is 23.9 Å². The standard InChI is InChI=1S/C8H12O4.C6H10O4/c1-3-11-7(9)5-6-8(10)12-4-2;1-9-5(7)3-4-6(8)10-2/h5-6H,3-4H2,1-2H3;3-4H2,1-2H3. The number of hydrogen-bond acceptors (Lipinski definition) is 8. The summed E-state index contributed by atoms with van der Waals surface area (Å²) in [5.41, 5.74) is 0. The lowest BCUT2D eigenvalue weighted by molar-refractivity contribution is -0.147. The van der Waals surface area contributed by atoms with Gasteiger partial charge in [0.15, 0.2) is 0 Å². The Hall–Kier alpha value is -2.38. The van der Waals surface area contributed by atoms with E-state index < -0.39 is 23.9 Å². The molecule has 0 aliphatic heterocycles. The third-order valence-electron chi connectivity index (χ3n) is 1.92. The minimum absolute atomic E-state index is 0.0865. The smallest absolute Gasteiger partial charge is 0.330 e. The van der Waals surface area contributed by atoms with Crippen LogP contribution in [0.15, 0.2) is 12.2 Å². The van der Waals surface area contributed by atoms with E-state index in [4.69, 9.17) is 0 Å². The molecule has 0 aromatic rings. The van der Waals surface area contributed by atoms with E-state index in [1.54, 1.807) is 13.8 Å². The maximum absolute atomic E-state index is 10.6. The van der Waals surface area contributed by atoms with E-state index in [-0.39, 0.29) is 12.8 Å². The highest BCUT2D eigenvalue weighted by Crippen LogP contribution is 1.92. The molecule has 0 spiro atoms. The Morgan fingerprint density at radius 3 is 1.27 bits per heavy atom. The SMILES string of the molecule is CCOC(=O)C=CC(=O)OCC.COC(=O)CCC(=O)OC. The molecule has 0 saturated heterocycles. The van der Waals surface area contributed by atoms with Gasteiger partial charge in [0, 0.05) is 12.2 Å². The van der Waals surface area contributed by atoms with Gasteiger partial charge in [-0.1, -0.05) is 0 Å². The van der Waals surface area contributed by atoms with Crippen LogP contribution in [0.25, 0.3) is 0 Å². The number of hydrogen-bond donors (Lipinski definition) is 0. The first-order valence-electron chi connectivity index (χ1n) is 6.56. The number of methoxy groups -OCH3 is 2. The average Bonchev–Trinajstić information content (AvgIpc) is 2.51. The van der Waals surface area contributed by atoms with Crippen molar-refractivity contribution in [3.63, 3.8) is 0 Å². The van der Waals surface area contributed by atoms with Crippen LogP contribution < -0.4 is 0 Å². The number of carbonyl (C=O) groups is 4. The second-order valence-corrected chi connectivity index (χ2v) is 3.49. The van der Waals surface area contributed by atoms with Crippen molar-refractivity contribution in [2.75, 3.05) is 27.4 Å². The zero-order chi connectivity index (χ0) is 17.4. The molecule has 126 valence electrons. The molecular weight excluding hydrogens is 296 g/mol. The zero-order valence-electron chi connectivity index (χ0n) is 13.2. The average molecular weight is 318 g/mol. The third-order valence-corrected chi connectivity index (χ3v) is 1.92. The summed E-state index contributed by atoms with van der Waals surface area (Å²) < 4.78 is 17.7. The molecule has 8 heteroatoms. The van der Waals surface area contributed by atoms with Crippen molar-refractivity contribution in [2.45, 2.75) is 26.7 Å². The van der Waals surface area contributed by atoms with Gasteiger partial charge in [0.1, 0.15) is 0 Å². The molecule has 0 aromatic heterocycles. The molecule has 0 heterocycles. The van der Waals surface area contributed by atoms with Crippen LogP contribution in [-0.4, -0.2) is 51.3 Å². The molecule has 0 atom stereocenters. The van der Waals surface area contributed by atoms with Gasteiger partial charge in [0.05, 0.1) is 40.3 Å².